The predicted molar refractivity (Wildman–Crippen MR) is 112 cm³/mol. The summed E-state index contributed by atoms with van der Waals surface area (Å²) >= 11 is 0. The van der Waals surface area contributed by atoms with Crippen molar-refractivity contribution in [3.8, 4) is 5.75 Å². The van der Waals surface area contributed by atoms with E-state index in [1.54, 1.807) is 31.4 Å². The average molecular weight is 417 g/mol. The number of hydrogen-bond donors (Lipinski definition) is 1. The van der Waals surface area contributed by atoms with Gasteiger partial charge in [-0.2, -0.15) is 4.31 Å². The van der Waals surface area contributed by atoms with Crippen molar-refractivity contribution in [2.24, 2.45) is 0 Å². The molecular formula is C22H28N2O4S. The van der Waals surface area contributed by atoms with Gasteiger partial charge in [0.1, 0.15) is 5.75 Å². The van der Waals surface area contributed by atoms with Crippen LogP contribution in [0.5, 0.6) is 5.75 Å². The van der Waals surface area contributed by atoms with Crippen LogP contribution in [0.1, 0.15) is 36.8 Å². The van der Waals surface area contributed by atoms with Gasteiger partial charge in [-0.1, -0.05) is 36.2 Å². The maximum absolute atomic E-state index is 13.1. The lowest BCUT2D eigenvalue weighted by Gasteiger charge is -2.34. The largest absolute Gasteiger partial charge is 0.497 e. The van der Waals surface area contributed by atoms with Crippen molar-refractivity contribution in [2.45, 2.75) is 50.1 Å². The number of benzene rings is 2. The van der Waals surface area contributed by atoms with Gasteiger partial charge in [0.05, 0.1) is 12.0 Å². The van der Waals surface area contributed by atoms with Crippen molar-refractivity contribution in [3.63, 3.8) is 0 Å². The van der Waals surface area contributed by atoms with Crippen LogP contribution in [0.25, 0.3) is 0 Å². The topological polar surface area (TPSA) is 75.7 Å². The Labute approximate surface area is 172 Å². The zero-order valence-electron chi connectivity index (χ0n) is 16.9. The van der Waals surface area contributed by atoms with Crippen LogP contribution in [0, 0.1) is 6.92 Å². The normalized spacial score (nSPS) is 17.7. The number of carbonyl (C=O) groups is 1. The number of methoxy groups -OCH3 is 1. The van der Waals surface area contributed by atoms with Gasteiger partial charge in [-0.3, -0.25) is 4.79 Å². The molecule has 29 heavy (non-hydrogen) atoms. The molecule has 0 saturated carbocycles. The molecule has 1 fully saturated rings. The molecule has 0 aliphatic carbocycles. The zero-order chi connectivity index (χ0) is 20.9. The van der Waals surface area contributed by atoms with E-state index in [-0.39, 0.29) is 23.3 Å². The van der Waals surface area contributed by atoms with Crippen LogP contribution in [0.15, 0.2) is 53.4 Å². The van der Waals surface area contributed by atoms with Crippen LogP contribution in [0.3, 0.4) is 0 Å². The molecule has 0 aromatic heterocycles. The lowest BCUT2D eigenvalue weighted by atomic mass is 10.0. The summed E-state index contributed by atoms with van der Waals surface area (Å²) in [7, 11) is -2.00. The number of amides is 1. The third-order valence-electron chi connectivity index (χ3n) is 5.27. The highest BCUT2D eigenvalue weighted by atomic mass is 32.2. The molecule has 1 atom stereocenters. The quantitative estimate of drug-likeness (QED) is 0.752. The molecule has 1 aliphatic rings. The molecule has 3 rings (SSSR count). The average Bonchev–Trinajstić information content (AvgIpc) is 2.73. The predicted octanol–water partition coefficient (Wildman–Crippen LogP) is 3.25. The fourth-order valence-electron chi connectivity index (χ4n) is 3.57. The molecule has 2 aromatic carbocycles. The minimum absolute atomic E-state index is 0.142. The first-order valence-corrected chi connectivity index (χ1v) is 11.3. The number of carbonyl (C=O) groups excluding carboxylic acids is 1. The summed E-state index contributed by atoms with van der Waals surface area (Å²) in [6, 6.07) is 14.0. The second-order valence-corrected chi connectivity index (χ2v) is 9.30. The van der Waals surface area contributed by atoms with Gasteiger partial charge >= 0.3 is 0 Å². The molecule has 1 aliphatic heterocycles. The smallest absolute Gasteiger partial charge is 0.243 e. The van der Waals surface area contributed by atoms with E-state index in [0.29, 0.717) is 19.5 Å². The van der Waals surface area contributed by atoms with E-state index in [9.17, 15) is 13.2 Å². The Balaban J connectivity index is 1.64. The Kier molecular flexibility index (Phi) is 6.92. The minimum Gasteiger partial charge on any atom is -0.497 e. The molecule has 0 bridgehead atoms. The number of sulfonamides is 1. The van der Waals surface area contributed by atoms with E-state index in [1.165, 1.54) is 4.31 Å². The second kappa shape index (κ2) is 9.41. The van der Waals surface area contributed by atoms with Gasteiger partial charge in [-0.15, -0.1) is 0 Å². The number of piperidine rings is 1. The summed E-state index contributed by atoms with van der Waals surface area (Å²) < 4.78 is 32.9. The molecular weight excluding hydrogens is 388 g/mol. The van der Waals surface area contributed by atoms with Gasteiger partial charge in [0, 0.05) is 25.6 Å². The molecule has 156 valence electrons. The molecule has 0 unspecified atom stereocenters. The van der Waals surface area contributed by atoms with Gasteiger partial charge in [0.15, 0.2) is 0 Å². The molecule has 2 aromatic rings. The second-order valence-electron chi connectivity index (χ2n) is 7.41. The number of rotatable bonds is 7. The van der Waals surface area contributed by atoms with Gasteiger partial charge < -0.3 is 10.1 Å². The maximum Gasteiger partial charge on any atom is 0.243 e. The van der Waals surface area contributed by atoms with Gasteiger partial charge in [0.25, 0.3) is 0 Å². The first-order valence-electron chi connectivity index (χ1n) is 9.88. The fourth-order valence-corrected chi connectivity index (χ4v) is 5.26. The van der Waals surface area contributed by atoms with Crippen LogP contribution in [-0.2, 0) is 21.4 Å². The van der Waals surface area contributed by atoms with Gasteiger partial charge in [-0.05, 0) is 49.6 Å². The standard InChI is InChI=1S/C22H28N2O4S/c1-17-6-12-21(13-7-17)29(26,27)24-14-4-3-5-19(24)15-22(25)23-16-18-8-10-20(28-2)11-9-18/h6-13,19H,3-5,14-16H2,1-2H3,(H,23,25)/t19-/m0/s1. The summed E-state index contributed by atoms with van der Waals surface area (Å²) in [5.74, 6) is 0.621. The van der Waals surface area contributed by atoms with Crippen LogP contribution < -0.4 is 10.1 Å². The third-order valence-corrected chi connectivity index (χ3v) is 7.24. The molecule has 1 amide bonds. The molecule has 7 heteroatoms. The van der Waals surface area contributed by atoms with Crippen molar-refractivity contribution in [1.82, 2.24) is 9.62 Å². The molecule has 1 saturated heterocycles. The summed E-state index contributed by atoms with van der Waals surface area (Å²) in [5, 5.41) is 2.90. The number of hydrogen-bond acceptors (Lipinski definition) is 4. The van der Waals surface area contributed by atoms with Crippen LogP contribution in [0.2, 0.25) is 0 Å². The molecule has 6 nitrogen and oxygen atoms in total. The summed E-state index contributed by atoms with van der Waals surface area (Å²) in [5.41, 5.74) is 1.98. The number of nitrogens with zero attached hydrogens (tertiary/aromatic N) is 1. The zero-order valence-corrected chi connectivity index (χ0v) is 17.7. The lowest BCUT2D eigenvalue weighted by Crippen LogP contribution is -2.45. The Morgan fingerprint density at radius 1 is 1.10 bits per heavy atom. The summed E-state index contributed by atoms with van der Waals surface area (Å²) in [4.78, 5) is 12.8. The van der Waals surface area contributed by atoms with Crippen molar-refractivity contribution in [2.75, 3.05) is 13.7 Å². The highest BCUT2D eigenvalue weighted by Crippen LogP contribution is 2.27. The highest BCUT2D eigenvalue weighted by molar-refractivity contribution is 7.89. The van der Waals surface area contributed by atoms with E-state index >= 15 is 0 Å². The Hall–Kier alpha value is -2.38. The summed E-state index contributed by atoms with van der Waals surface area (Å²) in [6.45, 7) is 2.78. The molecule has 0 spiro atoms. The third kappa shape index (κ3) is 5.36. The highest BCUT2D eigenvalue weighted by Gasteiger charge is 2.34. The lowest BCUT2D eigenvalue weighted by molar-refractivity contribution is -0.122. The maximum atomic E-state index is 13.1. The molecule has 1 heterocycles. The van der Waals surface area contributed by atoms with E-state index < -0.39 is 10.0 Å². The van der Waals surface area contributed by atoms with Crippen LogP contribution in [-0.4, -0.2) is 38.3 Å². The Morgan fingerprint density at radius 2 is 1.79 bits per heavy atom. The minimum atomic E-state index is -3.61. The van der Waals surface area contributed by atoms with Crippen molar-refractivity contribution >= 4 is 15.9 Å². The van der Waals surface area contributed by atoms with Crippen molar-refractivity contribution in [1.29, 1.82) is 0 Å². The van der Waals surface area contributed by atoms with E-state index in [2.05, 4.69) is 5.32 Å². The van der Waals surface area contributed by atoms with E-state index in [4.69, 9.17) is 4.74 Å². The first-order chi connectivity index (χ1) is 13.9. The number of aryl methyl sites for hydroxylation is 1. The van der Waals surface area contributed by atoms with Gasteiger partial charge in [0.2, 0.25) is 15.9 Å². The number of ether oxygens (including phenoxy) is 1. The van der Waals surface area contributed by atoms with Crippen molar-refractivity contribution in [3.05, 3.63) is 59.7 Å². The summed E-state index contributed by atoms with van der Waals surface area (Å²) in [6.07, 6.45) is 2.60. The van der Waals surface area contributed by atoms with Crippen molar-refractivity contribution < 1.29 is 17.9 Å². The van der Waals surface area contributed by atoms with E-state index in [0.717, 1.165) is 29.7 Å². The SMILES string of the molecule is COc1ccc(CNC(=O)C[C@@H]2CCCCN2S(=O)(=O)c2ccc(C)cc2)cc1. The Bertz CT molecular complexity index is 924. The first kappa shape index (κ1) is 21.3. The van der Waals surface area contributed by atoms with E-state index in [1.807, 2.05) is 31.2 Å². The molecule has 0 radical (unpaired) electrons. The fraction of sp³-hybridized carbons (Fsp3) is 0.409. The van der Waals surface area contributed by atoms with Crippen LogP contribution in [0.4, 0.5) is 0 Å². The Morgan fingerprint density at radius 3 is 2.45 bits per heavy atom. The monoisotopic (exact) mass is 416 g/mol. The van der Waals surface area contributed by atoms with Gasteiger partial charge in [-0.25, -0.2) is 8.42 Å². The number of nitrogens with one attached hydrogen (secondary N) is 1. The van der Waals surface area contributed by atoms with Crippen LogP contribution >= 0.6 is 0 Å². The molecule has 1 N–H and O–H groups in total.